The van der Waals surface area contributed by atoms with Gasteiger partial charge in [-0.2, -0.15) is 0 Å². The van der Waals surface area contributed by atoms with E-state index in [-0.39, 0.29) is 23.5 Å². The first-order chi connectivity index (χ1) is 13.5. The fourth-order valence-corrected chi connectivity index (χ4v) is 2.48. The first-order valence-corrected chi connectivity index (χ1v) is 8.76. The lowest BCUT2D eigenvalue weighted by Crippen LogP contribution is -2.33. The van der Waals surface area contributed by atoms with Crippen LogP contribution in [0.4, 0.5) is 0 Å². The number of aromatic carboxylic acids is 2. The first-order valence-electron chi connectivity index (χ1n) is 8.76. The van der Waals surface area contributed by atoms with Crippen LogP contribution in [0.3, 0.4) is 0 Å². The fourth-order valence-electron chi connectivity index (χ4n) is 2.48. The molecule has 28 heavy (non-hydrogen) atoms. The van der Waals surface area contributed by atoms with Gasteiger partial charge in [-0.15, -0.1) is 0 Å². The number of benzene rings is 1. The van der Waals surface area contributed by atoms with Gasteiger partial charge in [0.2, 0.25) is 0 Å². The van der Waals surface area contributed by atoms with Gasteiger partial charge in [0.05, 0.1) is 24.3 Å². The summed E-state index contributed by atoms with van der Waals surface area (Å²) in [5.74, 6) is 3.53. The highest BCUT2D eigenvalue weighted by Gasteiger charge is 2.28. The third-order valence-electron chi connectivity index (χ3n) is 3.78. The Bertz CT molecular complexity index is 797. The van der Waals surface area contributed by atoms with E-state index in [1.165, 1.54) is 12.1 Å². The summed E-state index contributed by atoms with van der Waals surface area (Å²) in [6.45, 7) is 3.62. The SMILES string of the molecule is CCOCCOCC#CC1(Oc2cc(C(=O)O)cc(C(=O)O)c2)C=CC=CC1. The summed E-state index contributed by atoms with van der Waals surface area (Å²) in [5, 5.41) is 18.4. The van der Waals surface area contributed by atoms with E-state index in [2.05, 4.69) is 11.8 Å². The number of carboxylic acid groups (broad SMARTS) is 2. The molecule has 0 saturated heterocycles. The molecule has 0 bridgehead atoms. The molecule has 2 N–H and O–H groups in total. The Kier molecular flexibility index (Phi) is 7.81. The molecule has 0 amide bonds. The molecule has 7 heteroatoms. The number of carboxylic acids is 2. The lowest BCUT2D eigenvalue weighted by atomic mass is 9.95. The average Bonchev–Trinajstić information content (AvgIpc) is 2.67. The predicted octanol–water partition coefficient (Wildman–Crippen LogP) is 2.77. The van der Waals surface area contributed by atoms with Crippen LogP contribution in [0.1, 0.15) is 34.1 Å². The molecular formula is C21H22O7. The largest absolute Gasteiger partial charge is 0.478 e. The minimum absolute atomic E-state index is 0.115. The van der Waals surface area contributed by atoms with E-state index >= 15 is 0 Å². The van der Waals surface area contributed by atoms with Gasteiger partial charge in [-0.05, 0) is 37.1 Å². The van der Waals surface area contributed by atoms with Crippen molar-refractivity contribution in [1.29, 1.82) is 0 Å². The second-order valence-electron chi connectivity index (χ2n) is 5.89. The molecule has 1 aromatic rings. The molecule has 1 aromatic carbocycles. The third-order valence-corrected chi connectivity index (χ3v) is 3.78. The van der Waals surface area contributed by atoms with Crippen LogP contribution in [-0.4, -0.2) is 54.2 Å². The summed E-state index contributed by atoms with van der Waals surface area (Å²) >= 11 is 0. The minimum atomic E-state index is -1.24. The highest BCUT2D eigenvalue weighted by Crippen LogP contribution is 2.27. The quantitative estimate of drug-likeness (QED) is 0.497. The Labute approximate surface area is 163 Å². The number of hydrogen-bond donors (Lipinski definition) is 2. The van der Waals surface area contributed by atoms with Crippen molar-refractivity contribution < 1.29 is 34.0 Å². The highest BCUT2D eigenvalue weighted by molar-refractivity contribution is 5.94. The molecule has 7 nitrogen and oxygen atoms in total. The number of hydrogen-bond acceptors (Lipinski definition) is 5. The second kappa shape index (κ2) is 10.3. The summed E-state index contributed by atoms with van der Waals surface area (Å²) in [4.78, 5) is 22.6. The molecule has 0 radical (unpaired) electrons. The zero-order chi connectivity index (χ0) is 20.4. The lowest BCUT2D eigenvalue weighted by Gasteiger charge is -2.27. The van der Waals surface area contributed by atoms with Crippen molar-refractivity contribution in [2.75, 3.05) is 26.4 Å². The van der Waals surface area contributed by atoms with Crippen LogP contribution in [0, 0.1) is 11.8 Å². The maximum atomic E-state index is 11.3. The van der Waals surface area contributed by atoms with E-state index < -0.39 is 17.5 Å². The van der Waals surface area contributed by atoms with Crippen molar-refractivity contribution >= 4 is 11.9 Å². The van der Waals surface area contributed by atoms with E-state index in [4.69, 9.17) is 14.2 Å². The van der Waals surface area contributed by atoms with E-state index in [0.29, 0.717) is 26.2 Å². The van der Waals surface area contributed by atoms with Crippen LogP contribution in [-0.2, 0) is 9.47 Å². The van der Waals surface area contributed by atoms with Crippen molar-refractivity contribution in [1.82, 2.24) is 0 Å². The maximum absolute atomic E-state index is 11.3. The number of rotatable bonds is 9. The lowest BCUT2D eigenvalue weighted by molar-refractivity contribution is 0.0660. The predicted molar refractivity (Wildman–Crippen MR) is 102 cm³/mol. The molecular weight excluding hydrogens is 364 g/mol. The van der Waals surface area contributed by atoms with Crippen molar-refractivity contribution in [2.24, 2.45) is 0 Å². The summed E-state index contributed by atoms with van der Waals surface area (Å²) < 4.78 is 16.5. The van der Waals surface area contributed by atoms with Crippen LogP contribution >= 0.6 is 0 Å². The van der Waals surface area contributed by atoms with E-state index in [1.807, 2.05) is 19.1 Å². The number of allylic oxidation sites excluding steroid dienone is 2. The summed E-state index contributed by atoms with van der Waals surface area (Å²) in [5.41, 5.74) is -1.38. The Morgan fingerprint density at radius 3 is 2.32 bits per heavy atom. The van der Waals surface area contributed by atoms with Crippen LogP contribution in [0.5, 0.6) is 5.75 Å². The molecule has 0 aliphatic heterocycles. The fraction of sp³-hybridized carbons (Fsp3) is 0.333. The van der Waals surface area contributed by atoms with Gasteiger partial charge in [0.25, 0.3) is 0 Å². The molecule has 1 aliphatic rings. The summed E-state index contributed by atoms with van der Waals surface area (Å²) in [6.07, 6.45) is 7.65. The smallest absolute Gasteiger partial charge is 0.335 e. The molecule has 0 spiro atoms. The van der Waals surface area contributed by atoms with Gasteiger partial charge in [0.1, 0.15) is 12.4 Å². The zero-order valence-corrected chi connectivity index (χ0v) is 15.5. The molecule has 0 aromatic heterocycles. The summed E-state index contributed by atoms with van der Waals surface area (Å²) in [7, 11) is 0. The molecule has 1 aliphatic carbocycles. The standard InChI is InChI=1S/C21H22O7/c1-2-26-11-12-27-10-6-9-21(7-4-3-5-8-21)28-18-14-16(19(22)23)13-17(15-18)20(24)25/h3-5,7,13-15H,2,8,10-12H2,1H3,(H,22,23)(H,24,25). The summed E-state index contributed by atoms with van der Waals surface area (Å²) in [6, 6.07) is 3.64. The molecule has 148 valence electrons. The normalized spacial score (nSPS) is 17.6. The Hall–Kier alpha value is -3.08. The topological polar surface area (TPSA) is 102 Å². The van der Waals surface area contributed by atoms with Gasteiger partial charge in [0.15, 0.2) is 5.60 Å². The first kappa shape index (κ1) is 21.2. The Balaban J connectivity index is 2.19. The van der Waals surface area contributed by atoms with Gasteiger partial charge in [0, 0.05) is 13.0 Å². The minimum Gasteiger partial charge on any atom is -0.478 e. The van der Waals surface area contributed by atoms with E-state index in [1.54, 1.807) is 12.2 Å². The molecule has 1 unspecified atom stereocenters. The molecule has 0 fully saturated rings. The van der Waals surface area contributed by atoms with Crippen LogP contribution in [0.15, 0.2) is 42.5 Å². The van der Waals surface area contributed by atoms with Crippen molar-refractivity contribution in [3.8, 4) is 17.6 Å². The molecule has 0 saturated carbocycles. The Morgan fingerprint density at radius 2 is 1.75 bits per heavy atom. The van der Waals surface area contributed by atoms with Gasteiger partial charge in [-0.3, -0.25) is 0 Å². The van der Waals surface area contributed by atoms with Crippen molar-refractivity contribution in [3.63, 3.8) is 0 Å². The zero-order valence-electron chi connectivity index (χ0n) is 15.5. The van der Waals surface area contributed by atoms with Gasteiger partial charge in [-0.1, -0.05) is 24.1 Å². The third kappa shape index (κ3) is 6.27. The highest BCUT2D eigenvalue weighted by atomic mass is 16.5. The van der Waals surface area contributed by atoms with Gasteiger partial charge < -0.3 is 24.4 Å². The number of ether oxygens (including phenoxy) is 3. The van der Waals surface area contributed by atoms with Crippen molar-refractivity contribution in [3.05, 3.63) is 53.6 Å². The molecule has 0 heterocycles. The van der Waals surface area contributed by atoms with E-state index in [0.717, 1.165) is 6.07 Å². The van der Waals surface area contributed by atoms with Gasteiger partial charge in [-0.25, -0.2) is 9.59 Å². The maximum Gasteiger partial charge on any atom is 0.335 e. The molecule has 2 rings (SSSR count). The van der Waals surface area contributed by atoms with Crippen LogP contribution in [0.2, 0.25) is 0 Å². The second-order valence-corrected chi connectivity index (χ2v) is 5.89. The average molecular weight is 386 g/mol. The van der Waals surface area contributed by atoms with Crippen LogP contribution < -0.4 is 4.74 Å². The van der Waals surface area contributed by atoms with E-state index in [9.17, 15) is 19.8 Å². The van der Waals surface area contributed by atoms with Crippen LogP contribution in [0.25, 0.3) is 0 Å². The van der Waals surface area contributed by atoms with Gasteiger partial charge >= 0.3 is 11.9 Å². The molecule has 1 atom stereocenters. The monoisotopic (exact) mass is 386 g/mol. The number of carbonyl (C=O) groups is 2. The van der Waals surface area contributed by atoms with Crippen molar-refractivity contribution in [2.45, 2.75) is 18.9 Å². The Morgan fingerprint density at radius 1 is 1.07 bits per heavy atom.